The summed E-state index contributed by atoms with van der Waals surface area (Å²) < 4.78 is 0. The molecular weight excluding hydrogens is 364 g/mol. The Morgan fingerprint density at radius 3 is 2.00 bits per heavy atom. The fraction of sp³-hybridized carbons (Fsp3) is 0.517. The molecule has 0 unspecified atom stereocenters. The Bertz CT molecular complexity index is 735. The lowest BCUT2D eigenvalue weighted by Crippen LogP contribution is -2.33. The highest BCUT2D eigenvalue weighted by Gasteiger charge is 2.36. The van der Waals surface area contributed by atoms with Gasteiger partial charge in [0.2, 0.25) is 0 Å². The number of rotatable bonds is 7. The Balaban J connectivity index is 1.41. The van der Waals surface area contributed by atoms with E-state index in [1.54, 1.807) is 0 Å². The molecule has 0 N–H and O–H groups in total. The maximum absolute atomic E-state index is 13.6. The Morgan fingerprint density at radius 1 is 0.867 bits per heavy atom. The van der Waals surface area contributed by atoms with Crippen LogP contribution < -0.4 is 0 Å². The highest BCUT2D eigenvalue weighted by molar-refractivity contribution is 5.98. The van der Waals surface area contributed by atoms with Crippen molar-refractivity contribution >= 4 is 5.78 Å². The van der Waals surface area contributed by atoms with Gasteiger partial charge in [0.05, 0.1) is 0 Å². The van der Waals surface area contributed by atoms with E-state index in [1.165, 1.54) is 69.8 Å². The first-order chi connectivity index (χ1) is 14.8. The van der Waals surface area contributed by atoms with Gasteiger partial charge in [-0.3, -0.25) is 4.79 Å². The smallest absolute Gasteiger partial charge is 0.166 e. The molecule has 1 heteroatoms. The van der Waals surface area contributed by atoms with Crippen molar-refractivity contribution < 1.29 is 4.79 Å². The fourth-order valence-corrected chi connectivity index (χ4v) is 5.73. The molecule has 1 aromatic rings. The highest BCUT2D eigenvalue weighted by atomic mass is 16.1. The van der Waals surface area contributed by atoms with Crippen molar-refractivity contribution in [2.24, 2.45) is 17.8 Å². The summed E-state index contributed by atoms with van der Waals surface area (Å²) in [6.45, 7) is 0. The second-order valence-corrected chi connectivity index (χ2v) is 9.43. The molecule has 0 saturated heterocycles. The number of ketones is 1. The minimum absolute atomic E-state index is 0.260. The van der Waals surface area contributed by atoms with E-state index >= 15 is 0 Å². The van der Waals surface area contributed by atoms with Gasteiger partial charge in [0.15, 0.2) is 5.78 Å². The molecule has 4 rings (SSSR count). The third-order valence-electron chi connectivity index (χ3n) is 7.37. The summed E-state index contributed by atoms with van der Waals surface area (Å²) in [5, 5.41) is 0. The summed E-state index contributed by atoms with van der Waals surface area (Å²) in [5.74, 6) is 1.92. The van der Waals surface area contributed by atoms with E-state index in [4.69, 9.17) is 0 Å². The number of carbonyl (C=O) groups excluding carboxylic acids is 1. The van der Waals surface area contributed by atoms with Gasteiger partial charge < -0.3 is 0 Å². The number of aryl methyl sites for hydroxylation is 1. The predicted molar refractivity (Wildman–Crippen MR) is 125 cm³/mol. The van der Waals surface area contributed by atoms with Gasteiger partial charge in [-0.1, -0.05) is 69.2 Å². The third kappa shape index (κ3) is 5.56. The van der Waals surface area contributed by atoms with E-state index in [9.17, 15) is 4.79 Å². The van der Waals surface area contributed by atoms with Crippen LogP contribution in [0.5, 0.6) is 0 Å². The number of hydrogen-bond donors (Lipinski definition) is 0. The lowest BCUT2D eigenvalue weighted by atomic mass is 9.67. The molecule has 3 aliphatic carbocycles. The van der Waals surface area contributed by atoms with E-state index in [0.29, 0.717) is 17.6 Å². The van der Waals surface area contributed by atoms with Crippen molar-refractivity contribution in [1.29, 1.82) is 0 Å². The maximum Gasteiger partial charge on any atom is 0.166 e. The van der Waals surface area contributed by atoms with Crippen LogP contribution in [0.25, 0.3) is 0 Å². The van der Waals surface area contributed by atoms with Crippen LogP contribution in [0.3, 0.4) is 0 Å². The van der Waals surface area contributed by atoms with Crippen molar-refractivity contribution in [3.8, 4) is 0 Å². The molecule has 1 aromatic carbocycles. The number of hydrogen-bond acceptors (Lipinski definition) is 1. The molecule has 0 radical (unpaired) electrons. The van der Waals surface area contributed by atoms with Crippen molar-refractivity contribution in [3.63, 3.8) is 0 Å². The largest absolute Gasteiger partial charge is 0.294 e. The molecule has 30 heavy (non-hydrogen) atoms. The van der Waals surface area contributed by atoms with Gasteiger partial charge in [0.25, 0.3) is 0 Å². The topological polar surface area (TPSA) is 17.1 Å². The number of Topliss-reactive ketones (excluding diaryl/α,β-unsaturated/α-hetero) is 1. The average molecular weight is 401 g/mol. The van der Waals surface area contributed by atoms with Crippen LogP contribution in [0.2, 0.25) is 0 Å². The van der Waals surface area contributed by atoms with Crippen molar-refractivity contribution in [3.05, 3.63) is 77.8 Å². The Morgan fingerprint density at radius 2 is 1.43 bits per heavy atom. The highest BCUT2D eigenvalue weighted by Crippen LogP contribution is 2.41. The predicted octanol–water partition coefficient (Wildman–Crippen LogP) is 7.64. The zero-order valence-corrected chi connectivity index (χ0v) is 18.3. The van der Waals surface area contributed by atoms with Crippen LogP contribution in [0.4, 0.5) is 0 Å². The van der Waals surface area contributed by atoms with E-state index in [2.05, 4.69) is 54.6 Å². The van der Waals surface area contributed by atoms with Crippen molar-refractivity contribution in [2.75, 3.05) is 0 Å². The van der Waals surface area contributed by atoms with Gasteiger partial charge in [0, 0.05) is 47.8 Å². The molecule has 0 heterocycles. The van der Waals surface area contributed by atoms with Gasteiger partial charge in [-0.25, -0.2) is 0 Å². The molecule has 1 nitrogen and oxygen atoms in total. The summed E-state index contributed by atoms with van der Waals surface area (Å²) in [6, 6.07) is 8.52. The Hall–Kier alpha value is -2.02. The van der Waals surface area contributed by atoms with E-state index in [1.807, 2.05) is 6.42 Å². The molecule has 2 fully saturated rings. The van der Waals surface area contributed by atoms with Crippen LogP contribution in [0.15, 0.2) is 54.1 Å². The second-order valence-electron chi connectivity index (χ2n) is 9.43. The summed E-state index contributed by atoms with van der Waals surface area (Å²) in [4.78, 5) is 13.6. The molecule has 0 aliphatic heterocycles. The zero-order chi connectivity index (χ0) is 20.6. The lowest BCUT2D eigenvalue weighted by Gasteiger charge is -2.37. The molecule has 3 aliphatic rings. The van der Waals surface area contributed by atoms with Crippen molar-refractivity contribution in [1.82, 2.24) is 0 Å². The molecular formula is C29H36O. The number of carbonyl (C=O) groups is 1. The molecule has 2 saturated carbocycles. The Kier molecular flexibility index (Phi) is 7.67. The van der Waals surface area contributed by atoms with Gasteiger partial charge >= 0.3 is 0 Å². The molecule has 0 aromatic heterocycles. The molecule has 0 spiro atoms. The standard InChI is InChI=1S/C29H36O/c30-29(28(25-15-6-2-7-16-25)26-17-8-3-9-18-26)27-21-19-24(20-22-27)14-10-13-23-11-4-1-5-12-23/h1,4-5,11-12,19-22,25-26,28H,2-3,6-10,14-18H2. The summed E-state index contributed by atoms with van der Waals surface area (Å²) in [7, 11) is 0. The van der Waals surface area contributed by atoms with Gasteiger partial charge in [0.1, 0.15) is 0 Å². The third-order valence-corrected chi connectivity index (χ3v) is 7.37. The molecule has 0 bridgehead atoms. The Labute approximate surface area is 183 Å². The van der Waals surface area contributed by atoms with E-state index < -0.39 is 0 Å². The average Bonchev–Trinajstić information content (AvgIpc) is 2.82. The second kappa shape index (κ2) is 10.8. The molecule has 0 amide bonds. The van der Waals surface area contributed by atoms with Crippen LogP contribution >= 0.6 is 0 Å². The fourth-order valence-electron chi connectivity index (χ4n) is 5.73. The minimum atomic E-state index is 0.260. The number of allylic oxidation sites excluding steroid dienone is 6. The first-order valence-corrected chi connectivity index (χ1v) is 12.2. The SMILES string of the molecule is O=C(c1ccc(CC[C-]=C2C=C[CH+]C=C2)cc1)C(C1CCCCC1)C1CCCCC1. The maximum atomic E-state index is 13.6. The number of benzene rings is 1. The lowest BCUT2D eigenvalue weighted by molar-refractivity contribution is 0.0710. The van der Waals surface area contributed by atoms with Crippen LogP contribution in [-0.4, -0.2) is 5.78 Å². The molecule has 158 valence electrons. The van der Waals surface area contributed by atoms with Crippen LogP contribution in [0, 0.1) is 30.3 Å². The van der Waals surface area contributed by atoms with Gasteiger partial charge in [-0.05, 0) is 49.5 Å². The normalized spacial score (nSPS) is 20.4. The first-order valence-electron chi connectivity index (χ1n) is 12.2. The van der Waals surface area contributed by atoms with Crippen molar-refractivity contribution in [2.45, 2.75) is 77.0 Å². The van der Waals surface area contributed by atoms with E-state index in [0.717, 1.165) is 24.0 Å². The van der Waals surface area contributed by atoms with E-state index in [-0.39, 0.29) is 5.92 Å². The van der Waals surface area contributed by atoms with Gasteiger partial charge in [-0.2, -0.15) is 0 Å². The van der Waals surface area contributed by atoms with Crippen LogP contribution in [0.1, 0.15) is 86.6 Å². The van der Waals surface area contributed by atoms with Gasteiger partial charge in [-0.15, -0.1) is 6.08 Å². The summed E-state index contributed by atoms with van der Waals surface area (Å²) >= 11 is 0. The minimum Gasteiger partial charge on any atom is -0.294 e. The summed E-state index contributed by atoms with van der Waals surface area (Å²) in [6.07, 6.45) is 28.7. The van der Waals surface area contributed by atoms with Crippen LogP contribution in [-0.2, 0) is 6.42 Å². The zero-order valence-electron chi connectivity index (χ0n) is 18.3. The molecule has 0 atom stereocenters. The summed E-state index contributed by atoms with van der Waals surface area (Å²) in [5.41, 5.74) is 3.39. The monoisotopic (exact) mass is 400 g/mol. The quantitative estimate of drug-likeness (QED) is 0.339. The first kappa shape index (κ1) is 21.2.